The third kappa shape index (κ3) is 3.22. The van der Waals surface area contributed by atoms with Crippen molar-refractivity contribution in [2.75, 3.05) is 14.2 Å². The van der Waals surface area contributed by atoms with Gasteiger partial charge in [0, 0.05) is 38.3 Å². The van der Waals surface area contributed by atoms with E-state index in [-0.39, 0.29) is 10.5 Å². The zero-order valence-corrected chi connectivity index (χ0v) is 18.4. The molecular weight excluding hydrogens is 408 g/mol. The van der Waals surface area contributed by atoms with Gasteiger partial charge in [0.25, 0.3) is 0 Å². The normalized spacial score (nSPS) is 11.1. The summed E-state index contributed by atoms with van der Waals surface area (Å²) in [5.74, 6) is 1.65. The van der Waals surface area contributed by atoms with Crippen molar-refractivity contribution in [1.29, 1.82) is 0 Å². The summed E-state index contributed by atoms with van der Waals surface area (Å²) in [6.07, 6.45) is 0. The van der Waals surface area contributed by atoms with E-state index in [1.54, 1.807) is 26.0 Å². The van der Waals surface area contributed by atoms with E-state index in [0.29, 0.717) is 0 Å². The van der Waals surface area contributed by atoms with Gasteiger partial charge in [-0.1, -0.05) is 54.2 Å². The fraction of sp³-hybridized carbons (Fsp3) is 0.0769. The molecule has 0 N–H and O–H groups in total. The minimum atomic E-state index is -0.230. The molecule has 0 spiro atoms. The maximum atomic E-state index is 5.84. The molecule has 0 unspecified atom stereocenters. The van der Waals surface area contributed by atoms with Crippen LogP contribution in [0.3, 0.4) is 0 Å². The standard InChI is InChI=1S/C26H21O2S2/c1-27-18-16-22(28-2)26(29-19-10-4-3-5-11-19)25(17-18)30-23-14-8-6-12-20(23)21-13-7-9-15-24(21)30/h3-17H,1-2H3/q+1. The van der Waals surface area contributed by atoms with Crippen LogP contribution in [-0.4, -0.2) is 14.2 Å². The molecule has 2 nitrogen and oxygen atoms in total. The van der Waals surface area contributed by atoms with Crippen molar-refractivity contribution in [2.45, 2.75) is 9.79 Å². The number of hydrogen-bond acceptors (Lipinski definition) is 3. The molecular formula is C26H21O2S2+. The van der Waals surface area contributed by atoms with Gasteiger partial charge in [0.05, 0.1) is 14.2 Å². The third-order valence-electron chi connectivity index (χ3n) is 5.14. The molecule has 5 rings (SSSR count). The number of rotatable bonds is 5. The molecule has 0 aliphatic carbocycles. The zero-order valence-electron chi connectivity index (χ0n) is 16.8. The lowest BCUT2D eigenvalue weighted by Crippen LogP contribution is -1.92. The number of hydrogen-bond donors (Lipinski definition) is 0. The summed E-state index contributed by atoms with van der Waals surface area (Å²) in [5, 5.41) is 2.63. The number of methoxy groups -OCH3 is 2. The predicted octanol–water partition coefficient (Wildman–Crippen LogP) is 7.90. The first-order valence-corrected chi connectivity index (χ1v) is 11.8. The van der Waals surface area contributed by atoms with Crippen LogP contribution >= 0.6 is 22.2 Å². The first kappa shape index (κ1) is 19.0. The molecule has 30 heavy (non-hydrogen) atoms. The highest BCUT2D eigenvalue weighted by Crippen LogP contribution is 2.55. The highest BCUT2D eigenvalue weighted by molar-refractivity contribution is 7.99. The van der Waals surface area contributed by atoms with E-state index in [9.17, 15) is 0 Å². The Morgan fingerprint density at radius 2 is 1.27 bits per heavy atom. The summed E-state index contributed by atoms with van der Waals surface area (Å²) in [4.78, 5) is 3.56. The molecule has 0 aliphatic rings. The second-order valence-corrected chi connectivity index (χ2v) is 9.89. The van der Waals surface area contributed by atoms with Crippen molar-refractivity contribution >= 4 is 42.4 Å². The molecule has 1 heterocycles. The monoisotopic (exact) mass is 429 g/mol. The lowest BCUT2D eigenvalue weighted by atomic mass is 10.2. The highest BCUT2D eigenvalue weighted by atomic mass is 32.2. The molecule has 0 bridgehead atoms. The van der Waals surface area contributed by atoms with Gasteiger partial charge in [-0.05, 0) is 36.4 Å². The Bertz CT molecular complexity index is 1290. The van der Waals surface area contributed by atoms with Crippen LogP contribution in [0, 0.1) is 0 Å². The SMILES string of the molecule is COc1cc(OC)c(Sc2ccccc2)c(-[s+]2c3ccccc3c3ccccc32)c1. The Balaban J connectivity index is 1.86. The Morgan fingerprint density at radius 1 is 0.667 bits per heavy atom. The van der Waals surface area contributed by atoms with Gasteiger partial charge in [0.2, 0.25) is 4.90 Å². The second-order valence-electron chi connectivity index (χ2n) is 6.87. The average Bonchev–Trinajstić information content (AvgIpc) is 3.14. The van der Waals surface area contributed by atoms with Crippen LogP contribution in [-0.2, 0) is 0 Å². The molecule has 0 saturated carbocycles. The maximum Gasteiger partial charge on any atom is 0.201 e. The van der Waals surface area contributed by atoms with Gasteiger partial charge in [0.1, 0.15) is 16.4 Å². The summed E-state index contributed by atoms with van der Waals surface area (Å²) < 4.78 is 14.2. The van der Waals surface area contributed by atoms with Gasteiger partial charge in [-0.2, -0.15) is 0 Å². The van der Waals surface area contributed by atoms with E-state index in [1.807, 2.05) is 12.1 Å². The lowest BCUT2D eigenvalue weighted by Gasteiger charge is -2.12. The van der Waals surface area contributed by atoms with Crippen molar-refractivity contribution < 1.29 is 9.47 Å². The number of ether oxygens (including phenoxy) is 2. The van der Waals surface area contributed by atoms with Crippen molar-refractivity contribution in [1.82, 2.24) is 0 Å². The van der Waals surface area contributed by atoms with Crippen molar-refractivity contribution in [3.05, 3.63) is 91.0 Å². The molecule has 0 atom stereocenters. The predicted molar refractivity (Wildman–Crippen MR) is 129 cm³/mol. The smallest absolute Gasteiger partial charge is 0.201 e. The largest absolute Gasteiger partial charge is 0.496 e. The molecule has 4 aromatic carbocycles. The Hall–Kier alpha value is -2.95. The molecule has 4 heteroatoms. The minimum absolute atomic E-state index is 0.230. The molecule has 5 aromatic rings. The fourth-order valence-corrected chi connectivity index (χ4v) is 7.53. The van der Waals surface area contributed by atoms with Crippen LogP contribution in [0.15, 0.2) is 101 Å². The summed E-state index contributed by atoms with van der Waals surface area (Å²) in [7, 11) is 3.21. The number of benzene rings is 4. The van der Waals surface area contributed by atoms with Crippen molar-refractivity contribution in [2.24, 2.45) is 0 Å². The summed E-state index contributed by atoms with van der Waals surface area (Å²) in [6.45, 7) is 0. The van der Waals surface area contributed by atoms with Gasteiger partial charge >= 0.3 is 0 Å². The topological polar surface area (TPSA) is 18.5 Å². The van der Waals surface area contributed by atoms with Gasteiger partial charge in [-0.25, -0.2) is 0 Å². The molecule has 148 valence electrons. The summed E-state index contributed by atoms with van der Waals surface area (Å²) in [5.41, 5.74) is 0. The minimum Gasteiger partial charge on any atom is -0.496 e. The second kappa shape index (κ2) is 8.05. The maximum absolute atomic E-state index is 5.84. The van der Waals surface area contributed by atoms with E-state index in [1.165, 1.54) is 30.0 Å². The van der Waals surface area contributed by atoms with Gasteiger partial charge in [-0.3, -0.25) is 0 Å². The van der Waals surface area contributed by atoms with Crippen LogP contribution in [0.4, 0.5) is 0 Å². The first-order valence-electron chi connectivity index (χ1n) is 9.72. The Kier molecular flexibility index (Phi) is 5.11. The Morgan fingerprint density at radius 3 is 1.87 bits per heavy atom. The van der Waals surface area contributed by atoms with Gasteiger partial charge in [-0.15, -0.1) is 0 Å². The number of fused-ring (bicyclic) bond motifs is 3. The van der Waals surface area contributed by atoms with Crippen LogP contribution in [0.1, 0.15) is 0 Å². The van der Waals surface area contributed by atoms with Crippen LogP contribution < -0.4 is 9.47 Å². The van der Waals surface area contributed by atoms with Crippen molar-refractivity contribution in [3.8, 4) is 16.4 Å². The highest BCUT2D eigenvalue weighted by Gasteiger charge is 2.29. The number of thiophene rings is 1. The van der Waals surface area contributed by atoms with E-state index in [4.69, 9.17) is 9.47 Å². The van der Waals surface area contributed by atoms with Gasteiger partial charge < -0.3 is 9.47 Å². The molecule has 0 saturated heterocycles. The van der Waals surface area contributed by atoms with Crippen LogP contribution in [0.25, 0.3) is 25.1 Å². The quantitative estimate of drug-likeness (QED) is 0.265. The zero-order chi connectivity index (χ0) is 20.5. The average molecular weight is 430 g/mol. The van der Waals surface area contributed by atoms with E-state index in [0.717, 1.165) is 16.4 Å². The van der Waals surface area contributed by atoms with E-state index in [2.05, 4.69) is 78.9 Å². The van der Waals surface area contributed by atoms with Crippen LogP contribution in [0.5, 0.6) is 11.5 Å². The van der Waals surface area contributed by atoms with Gasteiger partial charge in [0.15, 0.2) is 9.40 Å². The molecule has 0 aliphatic heterocycles. The van der Waals surface area contributed by atoms with E-state index >= 15 is 0 Å². The molecule has 1 aromatic heterocycles. The first-order chi connectivity index (χ1) is 14.8. The lowest BCUT2D eigenvalue weighted by molar-refractivity contribution is 0.388. The fourth-order valence-electron chi connectivity index (χ4n) is 3.77. The Labute approximate surface area is 183 Å². The van der Waals surface area contributed by atoms with Crippen molar-refractivity contribution in [3.63, 3.8) is 0 Å². The summed E-state index contributed by atoms with van der Waals surface area (Å²) in [6, 6.07) is 32.1. The third-order valence-corrected chi connectivity index (χ3v) is 8.75. The molecule has 0 amide bonds. The van der Waals surface area contributed by atoms with Crippen LogP contribution in [0.2, 0.25) is 0 Å². The molecule has 0 fully saturated rings. The summed E-state index contributed by atoms with van der Waals surface area (Å²) >= 11 is 1.75. The van der Waals surface area contributed by atoms with E-state index < -0.39 is 0 Å². The molecule has 0 radical (unpaired) electrons.